The Balaban J connectivity index is 1.63. The maximum Gasteiger partial charge on any atom is 0.255 e. The molecule has 1 unspecified atom stereocenters. The third kappa shape index (κ3) is 4.11. The summed E-state index contributed by atoms with van der Waals surface area (Å²) in [5.74, 6) is -0.794. The van der Waals surface area contributed by atoms with Crippen LogP contribution in [0, 0.1) is 0 Å². The van der Waals surface area contributed by atoms with Crippen molar-refractivity contribution in [3.63, 3.8) is 0 Å². The number of nitrogens with one attached hydrogen (secondary N) is 2. The van der Waals surface area contributed by atoms with E-state index < -0.39 is 6.04 Å². The lowest BCUT2D eigenvalue weighted by molar-refractivity contribution is -0.136. The Bertz CT molecular complexity index is 739. The molecule has 0 aromatic heterocycles. The molecule has 0 aliphatic carbocycles. The van der Waals surface area contributed by atoms with E-state index in [1.807, 2.05) is 32.0 Å². The average Bonchev–Trinajstić information content (AvgIpc) is 2.87. The van der Waals surface area contributed by atoms with Crippen LogP contribution in [0.1, 0.15) is 54.6 Å². The van der Waals surface area contributed by atoms with E-state index in [2.05, 4.69) is 10.6 Å². The van der Waals surface area contributed by atoms with Crippen LogP contribution in [0.3, 0.4) is 0 Å². The molecule has 0 bridgehead atoms. The van der Waals surface area contributed by atoms with Crippen molar-refractivity contribution < 1.29 is 14.4 Å². The lowest BCUT2D eigenvalue weighted by Gasteiger charge is -2.29. The molecule has 2 heterocycles. The van der Waals surface area contributed by atoms with E-state index in [0.717, 1.165) is 24.1 Å². The normalized spacial score (nSPS) is 20.3. The molecule has 7 heteroatoms. The van der Waals surface area contributed by atoms with Gasteiger partial charge in [-0.25, -0.2) is 0 Å². The van der Waals surface area contributed by atoms with E-state index in [1.165, 1.54) is 0 Å². The van der Waals surface area contributed by atoms with E-state index in [9.17, 15) is 14.4 Å². The van der Waals surface area contributed by atoms with Crippen LogP contribution in [-0.4, -0.2) is 40.7 Å². The van der Waals surface area contributed by atoms with Gasteiger partial charge in [0.05, 0.1) is 0 Å². The van der Waals surface area contributed by atoms with Crippen LogP contribution >= 0.6 is 0 Å². The first-order chi connectivity index (χ1) is 12.2. The molecule has 3 rings (SSSR count). The summed E-state index contributed by atoms with van der Waals surface area (Å²) in [4.78, 5) is 37.6. The Morgan fingerprint density at radius 1 is 1.31 bits per heavy atom. The molecule has 1 aromatic carbocycles. The Morgan fingerprint density at radius 2 is 2.08 bits per heavy atom. The summed E-state index contributed by atoms with van der Waals surface area (Å²) in [6.07, 6.45) is 1.52. The lowest BCUT2D eigenvalue weighted by Crippen LogP contribution is -2.52. The third-order valence-corrected chi connectivity index (χ3v) is 4.86. The summed E-state index contributed by atoms with van der Waals surface area (Å²) in [5, 5.41) is 5.69. The number of carbonyl (C=O) groups is 3. The molecule has 3 amide bonds. The highest BCUT2D eigenvalue weighted by Crippen LogP contribution is 2.28. The Labute approximate surface area is 153 Å². The summed E-state index contributed by atoms with van der Waals surface area (Å²) in [6, 6.07) is 5.21. The zero-order chi connectivity index (χ0) is 18.9. The Kier molecular flexibility index (Phi) is 5.11. The average molecular weight is 358 g/mol. The number of piperidine rings is 1. The minimum Gasteiger partial charge on any atom is -0.326 e. The topological polar surface area (TPSA) is 105 Å². The maximum atomic E-state index is 12.6. The number of imide groups is 1. The molecule has 1 fully saturated rings. The molecule has 2 aliphatic heterocycles. The minimum absolute atomic E-state index is 0.140. The summed E-state index contributed by atoms with van der Waals surface area (Å²) in [5.41, 5.74) is 8.44. The van der Waals surface area contributed by atoms with Crippen molar-refractivity contribution in [1.82, 2.24) is 15.5 Å². The Hall–Kier alpha value is -2.25. The summed E-state index contributed by atoms with van der Waals surface area (Å²) in [7, 11) is 0. The largest absolute Gasteiger partial charge is 0.326 e. The van der Waals surface area contributed by atoms with Crippen molar-refractivity contribution in [2.24, 2.45) is 5.73 Å². The van der Waals surface area contributed by atoms with Crippen molar-refractivity contribution in [3.8, 4) is 0 Å². The highest BCUT2D eigenvalue weighted by Gasteiger charge is 2.38. The van der Waals surface area contributed by atoms with Crippen LogP contribution in [0.15, 0.2) is 18.2 Å². The van der Waals surface area contributed by atoms with Crippen LogP contribution in [0.4, 0.5) is 0 Å². The van der Waals surface area contributed by atoms with Gasteiger partial charge in [-0.3, -0.25) is 19.7 Å². The number of benzene rings is 1. The number of nitrogens with two attached hydrogens (primary N) is 1. The number of hydrogen-bond donors (Lipinski definition) is 3. The van der Waals surface area contributed by atoms with E-state index in [1.54, 1.807) is 4.90 Å². The van der Waals surface area contributed by atoms with Gasteiger partial charge >= 0.3 is 0 Å². The van der Waals surface area contributed by atoms with Gasteiger partial charge in [0.2, 0.25) is 11.8 Å². The predicted molar refractivity (Wildman–Crippen MR) is 97.1 cm³/mol. The molecular weight excluding hydrogens is 332 g/mol. The van der Waals surface area contributed by atoms with Crippen molar-refractivity contribution in [2.75, 3.05) is 6.54 Å². The van der Waals surface area contributed by atoms with Crippen LogP contribution in [0.2, 0.25) is 0 Å². The smallest absolute Gasteiger partial charge is 0.255 e. The number of fused-ring (bicyclic) bond motifs is 1. The van der Waals surface area contributed by atoms with Crippen molar-refractivity contribution in [1.29, 1.82) is 0 Å². The first-order valence-electron chi connectivity index (χ1n) is 9.01. The minimum atomic E-state index is -0.569. The second-order valence-electron chi connectivity index (χ2n) is 7.81. The second kappa shape index (κ2) is 7.17. The van der Waals surface area contributed by atoms with Crippen LogP contribution in [0.5, 0.6) is 0 Å². The summed E-state index contributed by atoms with van der Waals surface area (Å²) < 4.78 is 0. The number of carbonyl (C=O) groups excluding carboxylic acids is 3. The van der Waals surface area contributed by atoms with E-state index in [-0.39, 0.29) is 29.7 Å². The highest BCUT2D eigenvalue weighted by atomic mass is 16.2. The van der Waals surface area contributed by atoms with Gasteiger partial charge in [0, 0.05) is 30.6 Å². The second-order valence-corrected chi connectivity index (χ2v) is 7.81. The number of amides is 3. The number of nitrogens with zero attached hydrogens (tertiary/aromatic N) is 1. The highest BCUT2D eigenvalue weighted by molar-refractivity contribution is 6.05. The zero-order valence-electron chi connectivity index (χ0n) is 15.3. The standard InChI is InChI=1S/C19H26N4O3/c1-19(2,20)7-8-21-10-12-3-4-14-13(9-12)11-23(18(14)26)15-5-6-16(24)22-17(15)25/h3-4,9,15,21H,5-8,10-11,20H2,1-2H3,(H,22,24,25). The van der Waals surface area contributed by atoms with Crippen LogP contribution < -0.4 is 16.4 Å². The fourth-order valence-electron chi connectivity index (χ4n) is 3.38. The molecule has 1 aromatic rings. The third-order valence-electron chi connectivity index (χ3n) is 4.86. The van der Waals surface area contributed by atoms with Gasteiger partial charge in [0.1, 0.15) is 6.04 Å². The van der Waals surface area contributed by atoms with Gasteiger partial charge in [0.15, 0.2) is 0 Å². The van der Waals surface area contributed by atoms with E-state index in [0.29, 0.717) is 25.1 Å². The van der Waals surface area contributed by atoms with Gasteiger partial charge in [0.25, 0.3) is 5.91 Å². The molecule has 1 saturated heterocycles. The Morgan fingerprint density at radius 3 is 2.77 bits per heavy atom. The molecule has 0 spiro atoms. The molecule has 7 nitrogen and oxygen atoms in total. The SMILES string of the molecule is CC(C)(N)CCNCc1ccc2c(c1)CN(C1CCC(=O)NC1=O)C2=O. The predicted octanol–water partition coefficient (Wildman–Crippen LogP) is 0.665. The monoisotopic (exact) mass is 358 g/mol. The quantitative estimate of drug-likeness (QED) is 0.512. The fourth-order valence-corrected chi connectivity index (χ4v) is 3.38. The van der Waals surface area contributed by atoms with Crippen molar-refractivity contribution in [2.45, 2.75) is 57.8 Å². The molecule has 1 atom stereocenters. The van der Waals surface area contributed by atoms with Crippen LogP contribution in [0.25, 0.3) is 0 Å². The molecule has 0 radical (unpaired) electrons. The number of rotatable bonds is 6. The van der Waals surface area contributed by atoms with Crippen molar-refractivity contribution >= 4 is 17.7 Å². The molecular formula is C19H26N4O3. The molecule has 0 saturated carbocycles. The molecule has 4 N–H and O–H groups in total. The fraction of sp³-hybridized carbons (Fsp3) is 0.526. The molecule has 26 heavy (non-hydrogen) atoms. The lowest BCUT2D eigenvalue weighted by atomic mass is 10.0. The molecule has 140 valence electrons. The van der Waals surface area contributed by atoms with Gasteiger partial charge in [-0.1, -0.05) is 12.1 Å². The first-order valence-corrected chi connectivity index (χ1v) is 9.01. The number of hydrogen-bond acceptors (Lipinski definition) is 5. The summed E-state index contributed by atoms with van der Waals surface area (Å²) >= 11 is 0. The van der Waals surface area contributed by atoms with Gasteiger partial charge in [-0.05, 0) is 50.4 Å². The van der Waals surface area contributed by atoms with Gasteiger partial charge < -0.3 is 16.0 Å². The van der Waals surface area contributed by atoms with E-state index >= 15 is 0 Å². The first kappa shape index (κ1) is 18.5. The zero-order valence-corrected chi connectivity index (χ0v) is 15.3. The van der Waals surface area contributed by atoms with Crippen LogP contribution in [-0.2, 0) is 22.7 Å². The summed E-state index contributed by atoms with van der Waals surface area (Å²) in [6.45, 7) is 5.93. The van der Waals surface area contributed by atoms with Crippen molar-refractivity contribution in [3.05, 3.63) is 34.9 Å². The molecule has 2 aliphatic rings. The van der Waals surface area contributed by atoms with E-state index in [4.69, 9.17) is 5.73 Å². The maximum absolute atomic E-state index is 12.6. The van der Waals surface area contributed by atoms with Gasteiger partial charge in [-0.2, -0.15) is 0 Å². The van der Waals surface area contributed by atoms with Gasteiger partial charge in [-0.15, -0.1) is 0 Å².